The van der Waals surface area contributed by atoms with Gasteiger partial charge in [-0.1, -0.05) is 35.5 Å². The predicted octanol–water partition coefficient (Wildman–Crippen LogP) is 3.38. The van der Waals surface area contributed by atoms with Crippen LogP contribution >= 0.6 is 0 Å². The van der Waals surface area contributed by atoms with Crippen LogP contribution in [0.5, 0.6) is 5.75 Å². The largest absolute Gasteiger partial charge is 0.489 e. The zero-order chi connectivity index (χ0) is 12.8. The van der Waals surface area contributed by atoms with E-state index in [1.807, 2.05) is 55.5 Å². The molecule has 1 N–H and O–H groups in total. The molecule has 0 atom stereocenters. The van der Waals surface area contributed by atoms with E-state index in [4.69, 9.17) is 9.94 Å². The normalized spacial score (nSPS) is 10.7. The van der Waals surface area contributed by atoms with Crippen LogP contribution in [0, 0.1) is 6.92 Å². The monoisotopic (exact) mass is 241 g/mol. The fourth-order valence-electron chi connectivity index (χ4n) is 1.72. The molecule has 2 aromatic carbocycles. The average molecular weight is 241 g/mol. The summed E-state index contributed by atoms with van der Waals surface area (Å²) < 4.78 is 5.75. The minimum atomic E-state index is 0.551. The Hall–Kier alpha value is -2.29. The zero-order valence-electron chi connectivity index (χ0n) is 10.2. The van der Waals surface area contributed by atoms with Gasteiger partial charge in [-0.15, -0.1) is 0 Å². The van der Waals surface area contributed by atoms with E-state index >= 15 is 0 Å². The second kappa shape index (κ2) is 5.87. The van der Waals surface area contributed by atoms with Gasteiger partial charge < -0.3 is 9.94 Å². The Morgan fingerprint density at radius 1 is 1.17 bits per heavy atom. The first kappa shape index (κ1) is 12.2. The highest BCUT2D eigenvalue weighted by atomic mass is 16.5. The van der Waals surface area contributed by atoms with E-state index in [1.54, 1.807) is 0 Å². The first-order chi connectivity index (χ1) is 8.79. The molecule has 0 bridgehead atoms. The highest BCUT2D eigenvalue weighted by Crippen LogP contribution is 2.19. The van der Waals surface area contributed by atoms with E-state index in [0.29, 0.717) is 6.61 Å². The van der Waals surface area contributed by atoms with E-state index in [9.17, 15) is 0 Å². The lowest BCUT2D eigenvalue weighted by molar-refractivity contribution is 0.304. The maximum absolute atomic E-state index is 8.47. The summed E-state index contributed by atoms with van der Waals surface area (Å²) in [6.45, 7) is 2.52. The van der Waals surface area contributed by atoms with Crippen LogP contribution in [0.15, 0.2) is 53.7 Å². The van der Waals surface area contributed by atoms with E-state index in [0.717, 1.165) is 22.4 Å². The molecule has 92 valence electrons. The third-order valence-electron chi connectivity index (χ3n) is 2.64. The Morgan fingerprint density at radius 3 is 2.61 bits per heavy atom. The summed E-state index contributed by atoms with van der Waals surface area (Å²) in [5, 5.41) is 11.5. The molecule has 0 radical (unpaired) electrons. The molecule has 0 aliphatic carbocycles. The quantitative estimate of drug-likeness (QED) is 0.506. The van der Waals surface area contributed by atoms with Crippen LogP contribution in [-0.2, 0) is 6.61 Å². The van der Waals surface area contributed by atoms with Gasteiger partial charge in [-0.05, 0) is 41.8 Å². The van der Waals surface area contributed by atoms with Crippen LogP contribution in [0.3, 0.4) is 0 Å². The van der Waals surface area contributed by atoms with Crippen LogP contribution in [0.4, 0.5) is 0 Å². The molecule has 2 aromatic rings. The molecule has 2 rings (SSSR count). The standard InChI is InChI=1S/C15H15NO2/c1-12-9-14(10-16-17)7-8-15(12)18-11-13-5-3-2-4-6-13/h2-10,17H,11H2,1H3/b16-10+. The Kier molecular flexibility index (Phi) is 3.97. The van der Waals surface area contributed by atoms with Crippen LogP contribution < -0.4 is 4.74 Å². The van der Waals surface area contributed by atoms with Crippen molar-refractivity contribution >= 4 is 6.21 Å². The summed E-state index contributed by atoms with van der Waals surface area (Å²) in [5.41, 5.74) is 3.00. The fraction of sp³-hybridized carbons (Fsp3) is 0.133. The van der Waals surface area contributed by atoms with Crippen molar-refractivity contribution in [3.8, 4) is 5.75 Å². The lowest BCUT2D eigenvalue weighted by Gasteiger charge is -2.09. The Bertz CT molecular complexity index is 535. The van der Waals surface area contributed by atoms with Crippen molar-refractivity contribution in [3.63, 3.8) is 0 Å². The Balaban J connectivity index is 2.06. The molecule has 0 saturated heterocycles. The van der Waals surface area contributed by atoms with Gasteiger partial charge in [0.05, 0.1) is 6.21 Å². The summed E-state index contributed by atoms with van der Waals surface area (Å²) in [5.74, 6) is 0.842. The third-order valence-corrected chi connectivity index (χ3v) is 2.64. The summed E-state index contributed by atoms with van der Waals surface area (Å²) in [6, 6.07) is 15.7. The number of hydrogen-bond donors (Lipinski definition) is 1. The van der Waals surface area contributed by atoms with Gasteiger partial charge in [0, 0.05) is 0 Å². The number of nitrogens with zero attached hydrogens (tertiary/aromatic N) is 1. The predicted molar refractivity (Wildman–Crippen MR) is 71.3 cm³/mol. The topological polar surface area (TPSA) is 41.8 Å². The molecule has 0 heterocycles. The van der Waals surface area contributed by atoms with Crippen molar-refractivity contribution in [3.05, 3.63) is 65.2 Å². The van der Waals surface area contributed by atoms with Crippen molar-refractivity contribution < 1.29 is 9.94 Å². The number of hydrogen-bond acceptors (Lipinski definition) is 3. The summed E-state index contributed by atoms with van der Waals surface area (Å²) >= 11 is 0. The second-order valence-electron chi connectivity index (χ2n) is 4.04. The van der Waals surface area contributed by atoms with Crippen molar-refractivity contribution in [2.75, 3.05) is 0 Å². The van der Waals surface area contributed by atoms with Gasteiger partial charge in [0.2, 0.25) is 0 Å². The van der Waals surface area contributed by atoms with Crippen molar-refractivity contribution in [2.24, 2.45) is 5.16 Å². The number of rotatable bonds is 4. The molecule has 0 fully saturated rings. The SMILES string of the molecule is Cc1cc(/C=N/O)ccc1OCc1ccccc1. The van der Waals surface area contributed by atoms with Crippen LogP contribution in [0.2, 0.25) is 0 Å². The van der Waals surface area contributed by atoms with Crippen LogP contribution in [-0.4, -0.2) is 11.4 Å². The lowest BCUT2D eigenvalue weighted by atomic mass is 10.1. The minimum absolute atomic E-state index is 0.551. The number of oxime groups is 1. The van der Waals surface area contributed by atoms with Gasteiger partial charge in [0.25, 0.3) is 0 Å². The van der Waals surface area contributed by atoms with Crippen LogP contribution in [0.1, 0.15) is 16.7 Å². The average Bonchev–Trinajstić information content (AvgIpc) is 2.39. The second-order valence-corrected chi connectivity index (χ2v) is 4.04. The summed E-state index contributed by atoms with van der Waals surface area (Å²) in [6.07, 6.45) is 1.40. The number of aryl methyl sites for hydroxylation is 1. The molecular formula is C15H15NO2. The lowest BCUT2D eigenvalue weighted by Crippen LogP contribution is -1.97. The summed E-state index contributed by atoms with van der Waals surface area (Å²) in [4.78, 5) is 0. The molecule has 0 unspecified atom stereocenters. The fourth-order valence-corrected chi connectivity index (χ4v) is 1.72. The number of benzene rings is 2. The Morgan fingerprint density at radius 2 is 1.94 bits per heavy atom. The van der Waals surface area contributed by atoms with Gasteiger partial charge >= 0.3 is 0 Å². The van der Waals surface area contributed by atoms with Gasteiger partial charge in [0.1, 0.15) is 12.4 Å². The third kappa shape index (κ3) is 3.10. The van der Waals surface area contributed by atoms with E-state index < -0.39 is 0 Å². The minimum Gasteiger partial charge on any atom is -0.489 e. The Labute approximate surface area is 106 Å². The van der Waals surface area contributed by atoms with E-state index in [1.165, 1.54) is 6.21 Å². The molecule has 0 amide bonds. The molecular weight excluding hydrogens is 226 g/mol. The van der Waals surface area contributed by atoms with Crippen LogP contribution in [0.25, 0.3) is 0 Å². The maximum atomic E-state index is 8.47. The molecule has 3 heteroatoms. The van der Waals surface area contributed by atoms with E-state index in [2.05, 4.69) is 5.16 Å². The van der Waals surface area contributed by atoms with Crippen molar-refractivity contribution in [1.29, 1.82) is 0 Å². The first-order valence-electron chi connectivity index (χ1n) is 5.74. The molecule has 0 aliphatic heterocycles. The summed E-state index contributed by atoms with van der Waals surface area (Å²) in [7, 11) is 0. The van der Waals surface area contributed by atoms with Gasteiger partial charge in [-0.3, -0.25) is 0 Å². The molecule has 18 heavy (non-hydrogen) atoms. The van der Waals surface area contributed by atoms with Gasteiger partial charge in [0.15, 0.2) is 0 Å². The molecule has 0 saturated carbocycles. The van der Waals surface area contributed by atoms with Crippen molar-refractivity contribution in [1.82, 2.24) is 0 Å². The smallest absolute Gasteiger partial charge is 0.122 e. The molecule has 3 nitrogen and oxygen atoms in total. The first-order valence-corrected chi connectivity index (χ1v) is 5.74. The number of ether oxygens (including phenoxy) is 1. The molecule has 0 spiro atoms. The maximum Gasteiger partial charge on any atom is 0.122 e. The molecule has 0 aliphatic rings. The van der Waals surface area contributed by atoms with Gasteiger partial charge in [-0.2, -0.15) is 0 Å². The molecule has 0 aromatic heterocycles. The highest BCUT2D eigenvalue weighted by Gasteiger charge is 2.01. The highest BCUT2D eigenvalue weighted by molar-refractivity contribution is 5.79. The van der Waals surface area contributed by atoms with Crippen molar-refractivity contribution in [2.45, 2.75) is 13.5 Å². The van der Waals surface area contributed by atoms with Gasteiger partial charge in [-0.25, -0.2) is 0 Å². The zero-order valence-corrected chi connectivity index (χ0v) is 10.2. The van der Waals surface area contributed by atoms with E-state index in [-0.39, 0.29) is 0 Å².